The van der Waals surface area contributed by atoms with Gasteiger partial charge in [0.25, 0.3) is 5.56 Å². The Morgan fingerprint density at radius 3 is 2.56 bits per heavy atom. The van der Waals surface area contributed by atoms with E-state index in [1.54, 1.807) is 12.1 Å². The van der Waals surface area contributed by atoms with Crippen molar-refractivity contribution in [1.82, 2.24) is 9.78 Å². The van der Waals surface area contributed by atoms with Crippen molar-refractivity contribution in [3.63, 3.8) is 0 Å². The number of aliphatic hydroxyl groups is 1. The lowest BCUT2D eigenvalue weighted by Crippen LogP contribution is -2.18. The van der Waals surface area contributed by atoms with Crippen LogP contribution in [0.2, 0.25) is 0 Å². The summed E-state index contributed by atoms with van der Waals surface area (Å²) in [6.45, 7) is 3.44. The van der Waals surface area contributed by atoms with Gasteiger partial charge in [-0.25, -0.2) is 9.07 Å². The Morgan fingerprint density at radius 2 is 2.06 bits per heavy atom. The smallest absolute Gasteiger partial charge is 0.277 e. The van der Waals surface area contributed by atoms with Gasteiger partial charge in [0.15, 0.2) is 0 Å². The lowest BCUT2D eigenvalue weighted by Gasteiger charge is -2.04. The summed E-state index contributed by atoms with van der Waals surface area (Å²) < 4.78 is 14.8. The quantitative estimate of drug-likeness (QED) is 0.874. The first-order valence-electron chi connectivity index (χ1n) is 5.75. The average Bonchev–Trinajstić information content (AvgIpc) is 2.67. The summed E-state index contributed by atoms with van der Waals surface area (Å²) in [5.74, 6) is -0.437. The number of aromatic nitrogens is 2. The summed E-state index contributed by atoms with van der Waals surface area (Å²) in [6.07, 6.45) is 0. The predicted molar refractivity (Wildman–Crippen MR) is 66.4 cm³/mol. The Labute approximate surface area is 104 Å². The van der Waals surface area contributed by atoms with Gasteiger partial charge in [-0.2, -0.15) is 0 Å². The lowest BCUT2D eigenvalue weighted by molar-refractivity contribution is 0.279. The second-order valence-electron chi connectivity index (χ2n) is 4.41. The molecule has 2 N–H and O–H groups in total. The fourth-order valence-electron chi connectivity index (χ4n) is 1.92. The molecule has 4 nitrogen and oxygen atoms in total. The molecule has 18 heavy (non-hydrogen) atoms. The molecule has 1 aromatic heterocycles. The molecule has 1 aromatic carbocycles. The highest BCUT2D eigenvalue weighted by atomic mass is 19.1. The van der Waals surface area contributed by atoms with Crippen molar-refractivity contribution >= 4 is 0 Å². The van der Waals surface area contributed by atoms with E-state index in [0.29, 0.717) is 5.69 Å². The van der Waals surface area contributed by atoms with Crippen molar-refractivity contribution in [2.24, 2.45) is 0 Å². The number of rotatable bonds is 3. The first-order valence-corrected chi connectivity index (χ1v) is 5.75. The molecule has 0 unspecified atom stereocenters. The molecule has 0 aliphatic rings. The van der Waals surface area contributed by atoms with Crippen LogP contribution in [0.3, 0.4) is 0 Å². The summed E-state index contributed by atoms with van der Waals surface area (Å²) in [6, 6.07) is 6.01. The number of hydrogen-bond acceptors (Lipinski definition) is 2. The van der Waals surface area contributed by atoms with Crippen molar-refractivity contribution in [1.29, 1.82) is 0 Å². The molecule has 1 heterocycles. The van der Waals surface area contributed by atoms with Gasteiger partial charge in [0.1, 0.15) is 11.5 Å². The van der Waals surface area contributed by atoms with Gasteiger partial charge in [0, 0.05) is 5.69 Å². The van der Waals surface area contributed by atoms with E-state index in [0.717, 1.165) is 4.68 Å². The normalized spacial score (nSPS) is 11.2. The molecule has 0 saturated carbocycles. The van der Waals surface area contributed by atoms with Crippen molar-refractivity contribution in [3.05, 3.63) is 51.7 Å². The van der Waals surface area contributed by atoms with Gasteiger partial charge >= 0.3 is 0 Å². The minimum absolute atomic E-state index is 0.0490. The van der Waals surface area contributed by atoms with Crippen LogP contribution < -0.4 is 5.56 Å². The molecule has 0 saturated heterocycles. The number of nitrogens with one attached hydrogen (secondary N) is 1. The molecule has 0 aliphatic carbocycles. The maximum atomic E-state index is 13.7. The van der Waals surface area contributed by atoms with Gasteiger partial charge < -0.3 is 5.11 Å². The number of halogens is 1. The van der Waals surface area contributed by atoms with Crippen LogP contribution in [0.5, 0.6) is 0 Å². The maximum Gasteiger partial charge on any atom is 0.277 e. The topological polar surface area (TPSA) is 58.0 Å². The molecule has 0 fully saturated rings. The molecular formula is C13H15FN2O2. The van der Waals surface area contributed by atoms with Crippen molar-refractivity contribution < 1.29 is 9.50 Å². The summed E-state index contributed by atoms with van der Waals surface area (Å²) >= 11 is 0. The van der Waals surface area contributed by atoms with Gasteiger partial charge in [-0.3, -0.25) is 9.89 Å². The molecule has 0 atom stereocenters. The number of H-pyrrole nitrogens is 1. The third-order valence-corrected chi connectivity index (χ3v) is 2.85. The van der Waals surface area contributed by atoms with Crippen LogP contribution >= 0.6 is 0 Å². The lowest BCUT2D eigenvalue weighted by atomic mass is 10.1. The minimum Gasteiger partial charge on any atom is -0.391 e. The van der Waals surface area contributed by atoms with Crippen LogP contribution in [-0.2, 0) is 6.61 Å². The number of hydrogen-bond donors (Lipinski definition) is 2. The number of aromatic amines is 1. The van der Waals surface area contributed by atoms with Gasteiger partial charge in [-0.05, 0) is 18.1 Å². The average molecular weight is 250 g/mol. The molecule has 5 heteroatoms. The van der Waals surface area contributed by atoms with Crippen LogP contribution in [-0.4, -0.2) is 14.9 Å². The molecular weight excluding hydrogens is 235 g/mol. The van der Waals surface area contributed by atoms with Gasteiger partial charge in [-0.15, -0.1) is 0 Å². The summed E-state index contributed by atoms with van der Waals surface area (Å²) in [5.41, 5.74) is 0.661. The van der Waals surface area contributed by atoms with Crippen LogP contribution in [0.25, 0.3) is 5.69 Å². The van der Waals surface area contributed by atoms with E-state index in [9.17, 15) is 14.3 Å². The number of para-hydroxylation sites is 1. The van der Waals surface area contributed by atoms with E-state index in [2.05, 4.69) is 5.10 Å². The monoisotopic (exact) mass is 250 g/mol. The standard InChI is InChI=1S/C13H15FN2O2/c1-8(2)12-9(7-17)13(18)16(15-12)11-6-4-3-5-10(11)14/h3-6,8,15,17H,7H2,1-2H3. The highest BCUT2D eigenvalue weighted by Crippen LogP contribution is 2.17. The van der Waals surface area contributed by atoms with Crippen LogP contribution in [0.1, 0.15) is 31.0 Å². The van der Waals surface area contributed by atoms with Gasteiger partial charge in [-0.1, -0.05) is 26.0 Å². The SMILES string of the molecule is CC(C)c1[nH]n(-c2ccccc2F)c(=O)c1CO. The number of nitrogens with zero attached hydrogens (tertiary/aromatic N) is 1. The molecule has 0 radical (unpaired) electrons. The Hall–Kier alpha value is -1.88. The zero-order valence-corrected chi connectivity index (χ0v) is 10.3. The molecule has 2 aromatic rings. The number of aliphatic hydroxyl groups excluding tert-OH is 1. The second kappa shape index (κ2) is 4.78. The largest absolute Gasteiger partial charge is 0.391 e. The third-order valence-electron chi connectivity index (χ3n) is 2.85. The summed E-state index contributed by atoms with van der Waals surface area (Å²) in [7, 11) is 0. The van der Waals surface area contributed by atoms with Crippen molar-refractivity contribution in [2.75, 3.05) is 0 Å². The van der Waals surface area contributed by atoms with E-state index < -0.39 is 11.4 Å². The maximum absolute atomic E-state index is 13.7. The van der Waals surface area contributed by atoms with Gasteiger partial charge in [0.2, 0.25) is 0 Å². The van der Waals surface area contributed by atoms with Crippen molar-refractivity contribution in [2.45, 2.75) is 26.4 Å². The van der Waals surface area contributed by atoms with Gasteiger partial charge in [0.05, 0.1) is 12.2 Å². The first kappa shape index (κ1) is 12.6. The second-order valence-corrected chi connectivity index (χ2v) is 4.41. The van der Waals surface area contributed by atoms with Crippen LogP contribution in [0.4, 0.5) is 4.39 Å². The third kappa shape index (κ3) is 1.97. The van der Waals surface area contributed by atoms with E-state index in [-0.39, 0.29) is 23.8 Å². The molecule has 96 valence electrons. The summed E-state index contributed by atoms with van der Waals surface area (Å²) in [5, 5.41) is 12.1. The first-order chi connectivity index (χ1) is 8.56. The fraction of sp³-hybridized carbons (Fsp3) is 0.308. The highest BCUT2D eigenvalue weighted by Gasteiger charge is 2.17. The summed E-state index contributed by atoms with van der Waals surface area (Å²) in [4.78, 5) is 12.1. The van der Waals surface area contributed by atoms with Crippen molar-refractivity contribution in [3.8, 4) is 5.69 Å². The minimum atomic E-state index is -0.486. The zero-order chi connectivity index (χ0) is 13.3. The Morgan fingerprint density at radius 1 is 1.39 bits per heavy atom. The predicted octanol–water partition coefficient (Wildman–Crippen LogP) is 1.92. The van der Waals surface area contributed by atoms with Crippen LogP contribution in [0.15, 0.2) is 29.1 Å². The molecule has 0 aliphatic heterocycles. The molecule has 2 rings (SSSR count). The number of benzene rings is 1. The Bertz CT molecular complexity index is 614. The zero-order valence-electron chi connectivity index (χ0n) is 10.3. The Balaban J connectivity index is 2.67. The molecule has 0 bridgehead atoms. The van der Waals surface area contributed by atoms with E-state index >= 15 is 0 Å². The van der Waals surface area contributed by atoms with E-state index in [4.69, 9.17) is 0 Å². The molecule has 0 spiro atoms. The highest BCUT2D eigenvalue weighted by molar-refractivity contribution is 5.34. The van der Waals surface area contributed by atoms with E-state index in [1.165, 1.54) is 12.1 Å². The van der Waals surface area contributed by atoms with Crippen LogP contribution in [0, 0.1) is 5.82 Å². The molecule has 0 amide bonds. The Kier molecular flexibility index (Phi) is 3.34. The fourth-order valence-corrected chi connectivity index (χ4v) is 1.92. The van der Waals surface area contributed by atoms with E-state index in [1.807, 2.05) is 13.8 Å².